The lowest BCUT2D eigenvalue weighted by Gasteiger charge is -2.25. The molecule has 0 unspecified atom stereocenters. The van der Waals surface area contributed by atoms with E-state index in [-0.39, 0.29) is 37.9 Å². The fourth-order valence-corrected chi connectivity index (χ4v) is 3.33. The predicted octanol–water partition coefficient (Wildman–Crippen LogP) is -1.93. The molecule has 2 aliphatic heterocycles. The van der Waals surface area contributed by atoms with E-state index in [0.717, 1.165) is 0 Å². The van der Waals surface area contributed by atoms with Crippen LogP contribution in [0.4, 0.5) is 0 Å². The van der Waals surface area contributed by atoms with Crippen LogP contribution in [0.1, 0.15) is 6.42 Å². The van der Waals surface area contributed by atoms with Crippen molar-refractivity contribution in [1.29, 1.82) is 0 Å². The van der Waals surface area contributed by atoms with Crippen molar-refractivity contribution in [3.05, 3.63) is 0 Å². The monoisotopic (exact) mass is 343 g/mol. The van der Waals surface area contributed by atoms with Crippen molar-refractivity contribution in [2.45, 2.75) is 18.6 Å². The number of hydrogen-bond acceptors (Lipinski definition) is 6. The molecule has 2 N–H and O–H groups in total. The normalized spacial score (nSPS) is 27.3. The predicted molar refractivity (Wildman–Crippen MR) is 83.2 cm³/mol. The molecule has 136 valence electrons. The highest BCUT2D eigenvalue weighted by atomic mass is 16.5. The second-order valence-corrected chi connectivity index (χ2v) is 6.42. The smallest absolute Gasteiger partial charge is 0.317 e. The van der Waals surface area contributed by atoms with E-state index in [9.17, 15) is 19.5 Å². The molecule has 2 amide bonds. The van der Waals surface area contributed by atoms with Gasteiger partial charge in [0.25, 0.3) is 0 Å². The number of aliphatic hydroxyl groups is 1. The second-order valence-electron chi connectivity index (χ2n) is 6.42. The molecule has 0 aromatic rings. The van der Waals surface area contributed by atoms with Crippen LogP contribution in [0.2, 0.25) is 0 Å². The van der Waals surface area contributed by atoms with Gasteiger partial charge in [0.05, 0.1) is 31.2 Å². The van der Waals surface area contributed by atoms with Crippen molar-refractivity contribution < 1.29 is 29.3 Å². The lowest BCUT2D eigenvalue weighted by Crippen LogP contribution is -2.43. The summed E-state index contributed by atoms with van der Waals surface area (Å²) in [5, 5.41) is 19.0. The molecule has 0 bridgehead atoms. The molecule has 0 aliphatic carbocycles. The van der Waals surface area contributed by atoms with Crippen LogP contribution in [0.5, 0.6) is 0 Å². The van der Waals surface area contributed by atoms with E-state index in [1.54, 1.807) is 19.1 Å². The van der Waals surface area contributed by atoms with Crippen LogP contribution in [0.3, 0.4) is 0 Å². The van der Waals surface area contributed by atoms with Gasteiger partial charge in [0.2, 0.25) is 11.8 Å². The molecule has 2 rings (SSSR count). The van der Waals surface area contributed by atoms with E-state index in [0.29, 0.717) is 19.7 Å². The molecule has 0 radical (unpaired) electrons. The number of likely N-dealkylation sites (tertiary alicyclic amines) is 2. The van der Waals surface area contributed by atoms with Crippen molar-refractivity contribution in [1.82, 2.24) is 14.7 Å². The number of rotatable bonds is 7. The molecule has 9 heteroatoms. The molecule has 0 spiro atoms. The van der Waals surface area contributed by atoms with E-state index in [1.165, 1.54) is 9.80 Å². The summed E-state index contributed by atoms with van der Waals surface area (Å²) in [5.74, 6) is -1.62. The number of carboxylic acid groups (broad SMARTS) is 1. The fourth-order valence-electron chi connectivity index (χ4n) is 3.33. The molecule has 2 heterocycles. The number of hydrogen-bond donors (Lipinski definition) is 2. The van der Waals surface area contributed by atoms with Gasteiger partial charge < -0.3 is 24.7 Å². The first-order valence-corrected chi connectivity index (χ1v) is 7.99. The molecular weight excluding hydrogens is 318 g/mol. The van der Waals surface area contributed by atoms with Crippen molar-refractivity contribution >= 4 is 17.8 Å². The van der Waals surface area contributed by atoms with E-state index < -0.39 is 24.0 Å². The van der Waals surface area contributed by atoms with Gasteiger partial charge in [-0.3, -0.25) is 19.3 Å². The van der Waals surface area contributed by atoms with Gasteiger partial charge in [-0.1, -0.05) is 0 Å². The van der Waals surface area contributed by atoms with Crippen LogP contribution in [0.25, 0.3) is 0 Å². The number of carbonyl (C=O) groups is 3. The van der Waals surface area contributed by atoms with E-state index >= 15 is 0 Å². The minimum atomic E-state index is -0.982. The maximum absolute atomic E-state index is 12.6. The maximum atomic E-state index is 12.6. The van der Waals surface area contributed by atoms with Crippen molar-refractivity contribution in [3.63, 3.8) is 0 Å². The molecular formula is C15H25N3O6. The second kappa shape index (κ2) is 7.91. The third-order valence-electron chi connectivity index (χ3n) is 4.65. The molecule has 2 saturated heterocycles. The maximum Gasteiger partial charge on any atom is 0.317 e. The quantitative estimate of drug-likeness (QED) is 0.554. The summed E-state index contributed by atoms with van der Waals surface area (Å²) >= 11 is 0. The SMILES string of the molecule is COCCN1C[C@@H](C(=O)N2C[C@@H](O)[C@H](N(C)CC(=O)O)C2)CC1=O. The van der Waals surface area contributed by atoms with Gasteiger partial charge in [-0.25, -0.2) is 0 Å². The summed E-state index contributed by atoms with van der Waals surface area (Å²) in [4.78, 5) is 40.0. The highest BCUT2D eigenvalue weighted by Crippen LogP contribution is 2.23. The molecule has 2 aliphatic rings. The highest BCUT2D eigenvalue weighted by molar-refractivity contribution is 5.89. The Morgan fingerprint density at radius 1 is 1.33 bits per heavy atom. The third kappa shape index (κ3) is 4.22. The first-order chi connectivity index (χ1) is 11.3. The molecule has 0 aromatic heterocycles. The zero-order chi connectivity index (χ0) is 17.9. The Kier molecular flexibility index (Phi) is 6.14. The number of aliphatic hydroxyl groups excluding tert-OH is 1. The Morgan fingerprint density at radius 3 is 2.67 bits per heavy atom. The van der Waals surface area contributed by atoms with Crippen molar-refractivity contribution in [2.24, 2.45) is 5.92 Å². The Balaban J connectivity index is 1.92. The van der Waals surface area contributed by atoms with Crippen molar-refractivity contribution in [2.75, 3.05) is 53.5 Å². The van der Waals surface area contributed by atoms with E-state index in [1.807, 2.05) is 0 Å². The van der Waals surface area contributed by atoms with Gasteiger partial charge in [0.1, 0.15) is 0 Å². The summed E-state index contributed by atoms with van der Waals surface area (Å²) in [7, 11) is 3.17. The summed E-state index contributed by atoms with van der Waals surface area (Å²) in [6, 6.07) is -0.410. The Bertz CT molecular complexity index is 500. The molecule has 3 atom stereocenters. The van der Waals surface area contributed by atoms with Gasteiger partial charge in [-0.15, -0.1) is 0 Å². The number of nitrogens with zero attached hydrogens (tertiary/aromatic N) is 3. The summed E-state index contributed by atoms with van der Waals surface area (Å²) < 4.78 is 4.96. The average Bonchev–Trinajstić information content (AvgIpc) is 3.07. The minimum Gasteiger partial charge on any atom is -0.480 e. The van der Waals surface area contributed by atoms with Crippen LogP contribution < -0.4 is 0 Å². The van der Waals surface area contributed by atoms with Crippen LogP contribution in [0.15, 0.2) is 0 Å². The Labute approximate surface area is 140 Å². The molecule has 2 fully saturated rings. The number of carboxylic acids is 1. The van der Waals surface area contributed by atoms with Crippen LogP contribution in [-0.2, 0) is 19.1 Å². The fraction of sp³-hybridized carbons (Fsp3) is 0.800. The molecule has 9 nitrogen and oxygen atoms in total. The molecule has 24 heavy (non-hydrogen) atoms. The zero-order valence-corrected chi connectivity index (χ0v) is 14.1. The number of carbonyl (C=O) groups excluding carboxylic acids is 2. The average molecular weight is 343 g/mol. The number of β-amino-alcohol motifs (C(OH)–C–C–N with tert-alkyl or cyclic N) is 1. The van der Waals surface area contributed by atoms with Gasteiger partial charge in [0, 0.05) is 39.7 Å². The van der Waals surface area contributed by atoms with Crippen LogP contribution in [-0.4, -0.2) is 108 Å². The first kappa shape index (κ1) is 18.6. The van der Waals surface area contributed by atoms with E-state index in [2.05, 4.69) is 0 Å². The molecule has 0 aromatic carbocycles. The number of ether oxygens (including phenoxy) is 1. The lowest BCUT2D eigenvalue weighted by molar-refractivity contribution is -0.138. The minimum absolute atomic E-state index is 0.0651. The Morgan fingerprint density at radius 2 is 2.04 bits per heavy atom. The van der Waals surface area contributed by atoms with Gasteiger partial charge in [0.15, 0.2) is 0 Å². The number of amides is 2. The van der Waals surface area contributed by atoms with E-state index in [4.69, 9.17) is 9.84 Å². The number of likely N-dealkylation sites (N-methyl/N-ethyl adjacent to an activating group) is 1. The number of methoxy groups -OCH3 is 1. The summed E-state index contributed by atoms with van der Waals surface area (Å²) in [6.07, 6.45) is -0.620. The summed E-state index contributed by atoms with van der Waals surface area (Å²) in [6.45, 7) is 1.49. The van der Waals surface area contributed by atoms with Crippen molar-refractivity contribution in [3.8, 4) is 0 Å². The van der Waals surface area contributed by atoms with Crippen LogP contribution in [0, 0.1) is 5.92 Å². The Hall–Kier alpha value is -1.71. The van der Waals surface area contributed by atoms with Gasteiger partial charge in [-0.2, -0.15) is 0 Å². The lowest BCUT2D eigenvalue weighted by atomic mass is 10.1. The standard InChI is InChI=1S/C15H25N3O6/c1-16(9-14(21)22)11-7-18(8-12(11)19)15(23)10-5-13(20)17(6-10)3-4-24-2/h10-12,19H,3-9H2,1-2H3,(H,21,22)/t10-,11+,12+/m0/s1. The summed E-state index contributed by atoms with van der Waals surface area (Å²) in [5.41, 5.74) is 0. The van der Waals surface area contributed by atoms with Crippen LogP contribution >= 0.6 is 0 Å². The number of aliphatic carboxylic acids is 1. The first-order valence-electron chi connectivity index (χ1n) is 7.99. The van der Waals surface area contributed by atoms with Gasteiger partial charge in [-0.05, 0) is 7.05 Å². The van der Waals surface area contributed by atoms with Gasteiger partial charge >= 0.3 is 5.97 Å². The largest absolute Gasteiger partial charge is 0.480 e. The third-order valence-corrected chi connectivity index (χ3v) is 4.65. The zero-order valence-electron chi connectivity index (χ0n) is 14.1. The highest BCUT2D eigenvalue weighted by Gasteiger charge is 2.42. The topological polar surface area (TPSA) is 111 Å². The molecule has 0 saturated carbocycles.